The van der Waals surface area contributed by atoms with E-state index in [9.17, 15) is 8.78 Å². The zero-order valence-electron chi connectivity index (χ0n) is 11.6. The van der Waals surface area contributed by atoms with Crippen LogP contribution < -0.4 is 11.3 Å². The number of benzene rings is 2. The number of nitrogens with two attached hydrogens (primary N) is 1. The van der Waals surface area contributed by atoms with Gasteiger partial charge in [-0.1, -0.05) is 12.1 Å². The molecule has 2 rings (SSSR count). The van der Waals surface area contributed by atoms with E-state index in [1.165, 1.54) is 24.3 Å². The van der Waals surface area contributed by atoms with Crippen molar-refractivity contribution in [1.29, 1.82) is 0 Å². The normalized spacial score (nSPS) is 12.4. The third-order valence-electron chi connectivity index (χ3n) is 3.54. The lowest BCUT2D eigenvalue weighted by atomic mass is 9.94. The molecule has 0 aromatic heterocycles. The van der Waals surface area contributed by atoms with E-state index in [1.54, 1.807) is 12.1 Å². The molecule has 0 aliphatic carbocycles. The minimum absolute atomic E-state index is 0.139. The van der Waals surface area contributed by atoms with Gasteiger partial charge in [-0.25, -0.2) is 8.78 Å². The monoisotopic (exact) mass is 276 g/mol. The Labute approximate surface area is 117 Å². The number of hydrogen-bond acceptors (Lipinski definition) is 2. The molecular formula is C16H18F2N2. The fourth-order valence-corrected chi connectivity index (χ4v) is 2.40. The predicted molar refractivity (Wildman–Crippen MR) is 76.0 cm³/mol. The van der Waals surface area contributed by atoms with Gasteiger partial charge in [-0.3, -0.25) is 11.3 Å². The van der Waals surface area contributed by atoms with Crippen LogP contribution in [0.5, 0.6) is 0 Å². The van der Waals surface area contributed by atoms with E-state index in [-0.39, 0.29) is 17.7 Å². The van der Waals surface area contributed by atoms with Crippen molar-refractivity contribution < 1.29 is 8.78 Å². The molecule has 4 heteroatoms. The van der Waals surface area contributed by atoms with Gasteiger partial charge in [-0.05, 0) is 66.8 Å². The van der Waals surface area contributed by atoms with Crippen LogP contribution in [0.2, 0.25) is 0 Å². The van der Waals surface area contributed by atoms with Crippen molar-refractivity contribution in [2.24, 2.45) is 5.84 Å². The van der Waals surface area contributed by atoms with Crippen molar-refractivity contribution >= 4 is 0 Å². The highest BCUT2D eigenvalue weighted by molar-refractivity contribution is 5.33. The van der Waals surface area contributed by atoms with E-state index in [4.69, 9.17) is 5.84 Å². The minimum atomic E-state index is -0.264. The smallest absolute Gasteiger partial charge is 0.123 e. The van der Waals surface area contributed by atoms with Crippen LogP contribution in [0.15, 0.2) is 36.4 Å². The van der Waals surface area contributed by atoms with Gasteiger partial charge in [0, 0.05) is 0 Å². The number of hydrogen-bond donors (Lipinski definition) is 2. The maximum Gasteiger partial charge on any atom is 0.123 e. The van der Waals surface area contributed by atoms with Crippen molar-refractivity contribution in [2.45, 2.75) is 26.3 Å². The number of rotatable bonds is 4. The second kappa shape index (κ2) is 6.11. The van der Waals surface area contributed by atoms with Gasteiger partial charge in [-0.15, -0.1) is 0 Å². The molecule has 1 atom stereocenters. The molecule has 2 nitrogen and oxygen atoms in total. The summed E-state index contributed by atoms with van der Waals surface area (Å²) in [6.07, 6.45) is 0.620. The SMILES string of the molecule is Cc1cc(F)ccc1CC(NN)c1ccc(F)cc1C. The van der Waals surface area contributed by atoms with E-state index in [2.05, 4.69) is 5.43 Å². The Morgan fingerprint density at radius 3 is 2.15 bits per heavy atom. The molecule has 20 heavy (non-hydrogen) atoms. The summed E-state index contributed by atoms with van der Waals surface area (Å²) in [5, 5.41) is 0. The maximum absolute atomic E-state index is 13.2. The van der Waals surface area contributed by atoms with Crippen LogP contribution in [-0.2, 0) is 6.42 Å². The van der Waals surface area contributed by atoms with Crippen molar-refractivity contribution in [1.82, 2.24) is 5.43 Å². The molecule has 0 fully saturated rings. The first kappa shape index (κ1) is 14.6. The van der Waals surface area contributed by atoms with Crippen LogP contribution >= 0.6 is 0 Å². The van der Waals surface area contributed by atoms with Crippen LogP contribution in [0.4, 0.5) is 8.78 Å². The first-order chi connectivity index (χ1) is 9.51. The molecular weight excluding hydrogens is 258 g/mol. The summed E-state index contributed by atoms with van der Waals surface area (Å²) in [6, 6.07) is 9.19. The van der Waals surface area contributed by atoms with E-state index in [0.29, 0.717) is 6.42 Å². The molecule has 0 saturated carbocycles. The summed E-state index contributed by atoms with van der Waals surface area (Å²) in [5.74, 6) is 5.11. The van der Waals surface area contributed by atoms with Crippen LogP contribution in [0, 0.1) is 25.5 Å². The molecule has 0 aliphatic heterocycles. The number of hydrazine groups is 1. The van der Waals surface area contributed by atoms with Gasteiger partial charge in [0.05, 0.1) is 6.04 Å². The first-order valence-electron chi connectivity index (χ1n) is 6.48. The average molecular weight is 276 g/mol. The van der Waals surface area contributed by atoms with Crippen molar-refractivity contribution in [2.75, 3.05) is 0 Å². The summed E-state index contributed by atoms with van der Waals surface area (Å²) in [7, 11) is 0. The average Bonchev–Trinajstić information content (AvgIpc) is 2.39. The molecule has 106 valence electrons. The Morgan fingerprint density at radius 1 is 1.00 bits per heavy atom. The van der Waals surface area contributed by atoms with Gasteiger partial charge in [0.25, 0.3) is 0 Å². The topological polar surface area (TPSA) is 38.0 Å². The minimum Gasteiger partial charge on any atom is -0.271 e. The van der Waals surface area contributed by atoms with Gasteiger partial charge in [0.15, 0.2) is 0 Å². The van der Waals surface area contributed by atoms with Crippen molar-refractivity contribution in [3.05, 3.63) is 70.3 Å². The van der Waals surface area contributed by atoms with Crippen LogP contribution in [0.3, 0.4) is 0 Å². The largest absolute Gasteiger partial charge is 0.271 e. The van der Waals surface area contributed by atoms with Crippen molar-refractivity contribution in [3.63, 3.8) is 0 Å². The van der Waals surface area contributed by atoms with Crippen LogP contribution in [0.25, 0.3) is 0 Å². The highest BCUT2D eigenvalue weighted by Crippen LogP contribution is 2.23. The lowest BCUT2D eigenvalue weighted by Crippen LogP contribution is -2.30. The molecule has 2 aromatic carbocycles. The number of nitrogens with one attached hydrogen (secondary N) is 1. The van der Waals surface area contributed by atoms with Gasteiger partial charge in [0.1, 0.15) is 11.6 Å². The molecule has 0 radical (unpaired) electrons. The molecule has 0 spiro atoms. The van der Waals surface area contributed by atoms with E-state index >= 15 is 0 Å². The molecule has 0 amide bonds. The summed E-state index contributed by atoms with van der Waals surface area (Å²) in [6.45, 7) is 3.71. The second-order valence-corrected chi connectivity index (χ2v) is 5.00. The van der Waals surface area contributed by atoms with E-state index < -0.39 is 0 Å². The molecule has 0 aliphatic rings. The highest BCUT2D eigenvalue weighted by Gasteiger charge is 2.14. The standard InChI is InChI=1S/C16H18F2N2/c1-10-7-13(17)4-3-12(10)9-16(20-19)15-6-5-14(18)8-11(15)2/h3-8,16,20H,9,19H2,1-2H3. The Morgan fingerprint density at radius 2 is 1.60 bits per heavy atom. The number of halogens is 2. The summed E-state index contributed by atoms with van der Waals surface area (Å²) < 4.78 is 26.3. The molecule has 1 unspecified atom stereocenters. The van der Waals surface area contributed by atoms with Gasteiger partial charge in [-0.2, -0.15) is 0 Å². The zero-order chi connectivity index (χ0) is 14.7. The molecule has 0 heterocycles. The second-order valence-electron chi connectivity index (χ2n) is 5.00. The van der Waals surface area contributed by atoms with Gasteiger partial charge >= 0.3 is 0 Å². The third-order valence-corrected chi connectivity index (χ3v) is 3.54. The fraction of sp³-hybridized carbons (Fsp3) is 0.250. The predicted octanol–water partition coefficient (Wildman–Crippen LogP) is 3.33. The quantitative estimate of drug-likeness (QED) is 0.664. The summed E-state index contributed by atoms with van der Waals surface area (Å²) >= 11 is 0. The Balaban J connectivity index is 2.28. The summed E-state index contributed by atoms with van der Waals surface area (Å²) in [4.78, 5) is 0. The van der Waals surface area contributed by atoms with Gasteiger partial charge < -0.3 is 0 Å². The van der Waals surface area contributed by atoms with Crippen LogP contribution in [-0.4, -0.2) is 0 Å². The fourth-order valence-electron chi connectivity index (χ4n) is 2.40. The molecule has 0 saturated heterocycles. The van der Waals surface area contributed by atoms with E-state index in [0.717, 1.165) is 22.3 Å². The zero-order valence-corrected chi connectivity index (χ0v) is 11.6. The summed E-state index contributed by atoms with van der Waals surface area (Å²) in [5.41, 5.74) is 6.43. The third kappa shape index (κ3) is 3.21. The van der Waals surface area contributed by atoms with Crippen molar-refractivity contribution in [3.8, 4) is 0 Å². The first-order valence-corrected chi connectivity index (χ1v) is 6.48. The Bertz CT molecular complexity index is 611. The Hall–Kier alpha value is -1.78. The maximum atomic E-state index is 13.2. The molecule has 3 N–H and O–H groups in total. The van der Waals surface area contributed by atoms with Crippen LogP contribution in [0.1, 0.15) is 28.3 Å². The van der Waals surface area contributed by atoms with Gasteiger partial charge in [0.2, 0.25) is 0 Å². The lowest BCUT2D eigenvalue weighted by molar-refractivity contribution is 0.544. The highest BCUT2D eigenvalue weighted by atomic mass is 19.1. The van der Waals surface area contributed by atoms with E-state index in [1.807, 2.05) is 13.8 Å². The molecule has 2 aromatic rings. The Kier molecular flexibility index (Phi) is 4.47. The molecule has 0 bridgehead atoms. The number of aryl methyl sites for hydroxylation is 2. The lowest BCUT2D eigenvalue weighted by Gasteiger charge is -2.19.